The van der Waals surface area contributed by atoms with E-state index in [-0.39, 0.29) is 5.82 Å². The van der Waals surface area contributed by atoms with Crippen LogP contribution in [0.3, 0.4) is 0 Å². The highest BCUT2D eigenvalue weighted by Crippen LogP contribution is 2.18. The second-order valence-electron chi connectivity index (χ2n) is 1.73. The van der Waals surface area contributed by atoms with Crippen LogP contribution in [0.5, 0.6) is 0 Å². The van der Waals surface area contributed by atoms with Gasteiger partial charge in [0.1, 0.15) is 5.82 Å². The van der Waals surface area contributed by atoms with Crippen LogP contribution >= 0.6 is 11.9 Å². The van der Waals surface area contributed by atoms with Gasteiger partial charge in [0.2, 0.25) is 6.08 Å². The van der Waals surface area contributed by atoms with Gasteiger partial charge in [0.25, 0.3) is 0 Å². The van der Waals surface area contributed by atoms with Gasteiger partial charge in [-0.2, -0.15) is 0 Å². The first kappa shape index (κ1) is 7.98. The summed E-state index contributed by atoms with van der Waals surface area (Å²) in [5.41, 5.74) is 0. The van der Waals surface area contributed by atoms with Crippen molar-refractivity contribution in [2.45, 2.75) is 4.90 Å². The van der Waals surface area contributed by atoms with Gasteiger partial charge in [0.05, 0.1) is 0 Å². The standard InChI is InChI=1S/C7H4FNOS/c8-6-2-1-3-7(4-6)11-9-5-10/h1-4H. The Hall–Kier alpha value is -1.12. The van der Waals surface area contributed by atoms with Crippen molar-refractivity contribution in [1.29, 1.82) is 0 Å². The number of isocyanates is 1. The van der Waals surface area contributed by atoms with Crippen LogP contribution in [0.15, 0.2) is 33.6 Å². The molecule has 0 heterocycles. The highest BCUT2D eigenvalue weighted by molar-refractivity contribution is 7.98. The van der Waals surface area contributed by atoms with E-state index in [1.807, 2.05) is 0 Å². The fraction of sp³-hybridized carbons (Fsp3) is 0. The first-order valence-electron chi connectivity index (χ1n) is 2.82. The second-order valence-corrected chi connectivity index (χ2v) is 2.57. The molecule has 0 aliphatic rings. The molecule has 0 aromatic heterocycles. The molecular weight excluding hydrogens is 165 g/mol. The van der Waals surface area contributed by atoms with E-state index < -0.39 is 0 Å². The van der Waals surface area contributed by atoms with Crippen molar-refractivity contribution in [3.05, 3.63) is 30.1 Å². The average Bonchev–Trinajstić information content (AvgIpc) is 2.01. The van der Waals surface area contributed by atoms with Gasteiger partial charge < -0.3 is 0 Å². The summed E-state index contributed by atoms with van der Waals surface area (Å²) in [6.45, 7) is 0. The minimum atomic E-state index is -0.337. The van der Waals surface area contributed by atoms with Gasteiger partial charge >= 0.3 is 0 Å². The molecule has 0 atom stereocenters. The third kappa shape index (κ3) is 2.53. The molecule has 0 spiro atoms. The number of hydrogen-bond donors (Lipinski definition) is 0. The third-order valence-electron chi connectivity index (χ3n) is 0.984. The molecule has 1 rings (SSSR count). The first-order valence-corrected chi connectivity index (χ1v) is 3.60. The largest absolute Gasteiger partial charge is 0.247 e. The van der Waals surface area contributed by atoms with Crippen LogP contribution < -0.4 is 0 Å². The van der Waals surface area contributed by atoms with Gasteiger partial charge in [0.15, 0.2) is 0 Å². The van der Waals surface area contributed by atoms with Gasteiger partial charge in [-0.1, -0.05) is 6.07 Å². The fourth-order valence-electron chi connectivity index (χ4n) is 0.595. The molecule has 1 aromatic rings. The fourth-order valence-corrected chi connectivity index (χ4v) is 1.04. The zero-order chi connectivity index (χ0) is 8.10. The third-order valence-corrected chi connectivity index (χ3v) is 1.61. The second kappa shape index (κ2) is 3.91. The van der Waals surface area contributed by atoms with E-state index in [0.29, 0.717) is 4.90 Å². The predicted molar refractivity (Wildman–Crippen MR) is 40.4 cm³/mol. The number of hydrogen-bond acceptors (Lipinski definition) is 3. The minimum Gasteiger partial charge on any atom is -0.210 e. The molecule has 2 nitrogen and oxygen atoms in total. The highest BCUT2D eigenvalue weighted by Gasteiger charge is 1.93. The lowest BCUT2D eigenvalue weighted by Gasteiger charge is -1.91. The Bertz CT molecular complexity index is 296. The van der Waals surface area contributed by atoms with E-state index in [1.165, 1.54) is 18.2 Å². The smallest absolute Gasteiger partial charge is 0.210 e. The monoisotopic (exact) mass is 169 g/mol. The van der Waals surface area contributed by atoms with Crippen LogP contribution in [0.25, 0.3) is 0 Å². The van der Waals surface area contributed by atoms with Gasteiger partial charge in [-0.25, -0.2) is 9.18 Å². The van der Waals surface area contributed by atoms with Gasteiger partial charge in [0, 0.05) is 16.8 Å². The molecule has 0 aliphatic carbocycles. The summed E-state index contributed by atoms with van der Waals surface area (Å²) >= 11 is 0.896. The molecule has 0 fully saturated rings. The van der Waals surface area contributed by atoms with Gasteiger partial charge in [-0.05, 0) is 18.2 Å². The zero-order valence-electron chi connectivity index (χ0n) is 5.45. The lowest BCUT2D eigenvalue weighted by Crippen LogP contribution is -1.72. The van der Waals surface area contributed by atoms with Crippen molar-refractivity contribution < 1.29 is 9.18 Å². The van der Waals surface area contributed by atoms with E-state index in [4.69, 9.17) is 0 Å². The molecule has 0 N–H and O–H groups in total. The number of carbonyl (C=O) groups excluding carboxylic acids is 1. The summed E-state index contributed by atoms with van der Waals surface area (Å²) in [6.07, 6.45) is 1.35. The predicted octanol–water partition coefficient (Wildman–Crippen LogP) is 2.17. The Morgan fingerprint density at radius 2 is 2.36 bits per heavy atom. The van der Waals surface area contributed by atoms with Crippen molar-refractivity contribution in [3.63, 3.8) is 0 Å². The van der Waals surface area contributed by atoms with E-state index in [1.54, 1.807) is 12.1 Å². The summed E-state index contributed by atoms with van der Waals surface area (Å²) in [7, 11) is 0. The minimum absolute atomic E-state index is 0.337. The lowest BCUT2D eigenvalue weighted by atomic mass is 10.4. The number of nitrogens with zero attached hydrogens (tertiary/aromatic N) is 1. The first-order chi connectivity index (χ1) is 5.33. The average molecular weight is 169 g/mol. The Balaban J connectivity index is 2.79. The molecule has 0 saturated heterocycles. The molecule has 0 aliphatic heterocycles. The van der Waals surface area contributed by atoms with Crippen LogP contribution in [0.2, 0.25) is 0 Å². The summed E-state index contributed by atoms with van der Waals surface area (Å²) in [5.74, 6) is -0.337. The molecule has 4 heteroatoms. The van der Waals surface area contributed by atoms with E-state index in [9.17, 15) is 9.18 Å². The van der Waals surface area contributed by atoms with E-state index in [0.717, 1.165) is 11.9 Å². The van der Waals surface area contributed by atoms with Gasteiger partial charge in [-0.15, -0.1) is 4.40 Å². The van der Waals surface area contributed by atoms with Crippen molar-refractivity contribution in [2.75, 3.05) is 0 Å². The van der Waals surface area contributed by atoms with E-state index >= 15 is 0 Å². The van der Waals surface area contributed by atoms with Crippen LogP contribution in [-0.2, 0) is 4.79 Å². The number of benzene rings is 1. The summed E-state index contributed by atoms with van der Waals surface area (Å²) in [5, 5.41) is 0. The Morgan fingerprint density at radius 1 is 1.55 bits per heavy atom. The van der Waals surface area contributed by atoms with Crippen molar-refractivity contribution in [2.24, 2.45) is 4.40 Å². The SMILES string of the molecule is O=C=NSc1cccc(F)c1. The van der Waals surface area contributed by atoms with Crippen molar-refractivity contribution in [3.8, 4) is 0 Å². The molecule has 0 radical (unpaired) electrons. The highest BCUT2D eigenvalue weighted by atomic mass is 32.2. The molecule has 0 saturated carbocycles. The van der Waals surface area contributed by atoms with Crippen molar-refractivity contribution in [1.82, 2.24) is 0 Å². The van der Waals surface area contributed by atoms with Gasteiger partial charge in [-0.3, -0.25) is 0 Å². The summed E-state index contributed by atoms with van der Waals surface area (Å²) < 4.78 is 15.7. The molecular formula is C7H4FNOS. The molecule has 0 bridgehead atoms. The van der Waals surface area contributed by atoms with Crippen LogP contribution in [0.4, 0.5) is 4.39 Å². The van der Waals surface area contributed by atoms with Crippen LogP contribution in [-0.4, -0.2) is 6.08 Å². The van der Waals surface area contributed by atoms with Crippen LogP contribution in [0.1, 0.15) is 0 Å². The van der Waals surface area contributed by atoms with Crippen molar-refractivity contribution >= 4 is 18.0 Å². The molecule has 1 aromatic carbocycles. The Morgan fingerprint density at radius 3 is 3.00 bits per heavy atom. The normalized spacial score (nSPS) is 8.82. The van der Waals surface area contributed by atoms with E-state index in [2.05, 4.69) is 4.40 Å². The quantitative estimate of drug-likeness (QED) is 0.385. The molecule has 11 heavy (non-hydrogen) atoms. The molecule has 56 valence electrons. The molecule has 0 amide bonds. The maximum Gasteiger partial charge on any atom is 0.247 e. The maximum atomic E-state index is 12.4. The summed E-state index contributed by atoms with van der Waals surface area (Å²) in [6, 6.07) is 5.84. The number of rotatable bonds is 2. The van der Waals surface area contributed by atoms with Crippen LogP contribution in [0, 0.1) is 5.82 Å². The Kier molecular flexibility index (Phi) is 2.83. The zero-order valence-corrected chi connectivity index (χ0v) is 6.27. The Labute approximate surface area is 67.3 Å². The maximum absolute atomic E-state index is 12.4. The lowest BCUT2D eigenvalue weighted by molar-refractivity contribution is 0.566. The topological polar surface area (TPSA) is 29.4 Å². The summed E-state index contributed by atoms with van der Waals surface area (Å²) in [4.78, 5) is 10.2. The molecule has 0 unspecified atom stereocenters. The number of halogens is 1.